The van der Waals surface area contributed by atoms with Gasteiger partial charge in [-0.15, -0.1) is 0 Å². The highest BCUT2D eigenvalue weighted by Gasteiger charge is 2.25. The maximum absolute atomic E-state index is 14.9. The van der Waals surface area contributed by atoms with Crippen LogP contribution in [0.4, 0.5) is 26.1 Å². The van der Waals surface area contributed by atoms with Crippen LogP contribution in [0.25, 0.3) is 22.2 Å². The molecule has 0 amide bonds. The average Bonchev–Trinajstić information content (AvgIpc) is 3.28. The SMILES string of the molecule is CC(C)N1CCOc2c(F)cc(-c3nc(Nc4cc(C#N)c5cn[nH]c5c4)ncc3F)cc21. The Balaban J connectivity index is 1.55. The van der Waals surface area contributed by atoms with E-state index in [1.807, 2.05) is 18.7 Å². The van der Waals surface area contributed by atoms with Gasteiger partial charge in [0.25, 0.3) is 0 Å². The predicted molar refractivity (Wildman–Crippen MR) is 119 cm³/mol. The van der Waals surface area contributed by atoms with Crippen LogP contribution in [0.15, 0.2) is 36.7 Å². The molecule has 2 aromatic heterocycles. The van der Waals surface area contributed by atoms with Gasteiger partial charge in [0.2, 0.25) is 5.95 Å². The van der Waals surface area contributed by atoms with Crippen molar-refractivity contribution in [1.29, 1.82) is 5.26 Å². The maximum Gasteiger partial charge on any atom is 0.227 e. The topological polar surface area (TPSA) is 103 Å². The van der Waals surface area contributed by atoms with E-state index in [-0.39, 0.29) is 29.0 Å². The first-order valence-corrected chi connectivity index (χ1v) is 10.3. The Morgan fingerprint density at radius 3 is 2.82 bits per heavy atom. The van der Waals surface area contributed by atoms with E-state index in [9.17, 15) is 14.0 Å². The highest BCUT2D eigenvalue weighted by molar-refractivity contribution is 5.88. The molecule has 10 heteroatoms. The Morgan fingerprint density at radius 1 is 1.18 bits per heavy atom. The minimum absolute atomic E-state index is 0.0494. The summed E-state index contributed by atoms with van der Waals surface area (Å²) in [4.78, 5) is 10.3. The number of rotatable bonds is 4. The molecular weight excluding hydrogens is 428 g/mol. The lowest BCUT2D eigenvalue weighted by Gasteiger charge is -2.34. The highest BCUT2D eigenvalue weighted by atomic mass is 19.1. The van der Waals surface area contributed by atoms with E-state index < -0.39 is 11.6 Å². The first-order valence-electron chi connectivity index (χ1n) is 10.3. The summed E-state index contributed by atoms with van der Waals surface area (Å²) in [6.45, 7) is 4.98. The lowest BCUT2D eigenvalue weighted by atomic mass is 10.1. The molecule has 33 heavy (non-hydrogen) atoms. The zero-order chi connectivity index (χ0) is 23.1. The highest BCUT2D eigenvalue weighted by Crippen LogP contribution is 2.39. The van der Waals surface area contributed by atoms with E-state index in [2.05, 4.69) is 31.6 Å². The summed E-state index contributed by atoms with van der Waals surface area (Å²) in [7, 11) is 0. The van der Waals surface area contributed by atoms with Crippen LogP contribution in [-0.2, 0) is 0 Å². The number of aromatic amines is 1. The molecule has 0 aliphatic carbocycles. The van der Waals surface area contributed by atoms with Crippen LogP contribution in [0.1, 0.15) is 19.4 Å². The monoisotopic (exact) mass is 447 g/mol. The number of aromatic nitrogens is 4. The van der Waals surface area contributed by atoms with Gasteiger partial charge in [0.05, 0.1) is 41.8 Å². The number of H-pyrrole nitrogens is 1. The molecule has 166 valence electrons. The van der Waals surface area contributed by atoms with Crippen LogP contribution in [0.3, 0.4) is 0 Å². The molecule has 0 atom stereocenters. The normalized spacial score (nSPS) is 13.0. The second kappa shape index (κ2) is 8.02. The number of hydrogen-bond acceptors (Lipinski definition) is 7. The Morgan fingerprint density at radius 2 is 2.03 bits per heavy atom. The summed E-state index contributed by atoms with van der Waals surface area (Å²) >= 11 is 0. The van der Waals surface area contributed by atoms with Crippen molar-refractivity contribution < 1.29 is 13.5 Å². The number of ether oxygens (including phenoxy) is 1. The average molecular weight is 447 g/mol. The summed E-state index contributed by atoms with van der Waals surface area (Å²) in [5, 5.41) is 19.8. The number of nitrogens with one attached hydrogen (secondary N) is 2. The fourth-order valence-electron chi connectivity index (χ4n) is 3.95. The van der Waals surface area contributed by atoms with E-state index in [4.69, 9.17) is 4.74 Å². The van der Waals surface area contributed by atoms with E-state index in [1.54, 1.807) is 24.4 Å². The minimum atomic E-state index is -0.686. The molecule has 0 saturated heterocycles. The van der Waals surface area contributed by atoms with Gasteiger partial charge in [-0.05, 0) is 38.1 Å². The predicted octanol–water partition coefficient (Wildman–Crippen LogP) is 4.52. The largest absolute Gasteiger partial charge is 0.486 e. The van der Waals surface area contributed by atoms with Crippen LogP contribution in [0.5, 0.6) is 5.75 Å². The van der Waals surface area contributed by atoms with Crippen molar-refractivity contribution >= 4 is 28.2 Å². The van der Waals surface area contributed by atoms with Crippen LogP contribution < -0.4 is 15.0 Å². The number of benzene rings is 2. The second-order valence-corrected chi connectivity index (χ2v) is 7.92. The second-order valence-electron chi connectivity index (χ2n) is 7.92. The van der Waals surface area contributed by atoms with Gasteiger partial charge in [-0.25, -0.2) is 18.7 Å². The van der Waals surface area contributed by atoms with Crippen molar-refractivity contribution in [1.82, 2.24) is 20.2 Å². The van der Waals surface area contributed by atoms with Gasteiger partial charge < -0.3 is 15.0 Å². The van der Waals surface area contributed by atoms with Gasteiger partial charge in [-0.2, -0.15) is 10.4 Å². The molecule has 0 spiro atoms. The number of hydrogen-bond donors (Lipinski definition) is 2. The molecule has 1 aliphatic rings. The minimum Gasteiger partial charge on any atom is -0.486 e. The summed E-state index contributed by atoms with van der Waals surface area (Å²) in [6, 6.07) is 8.49. The summed E-state index contributed by atoms with van der Waals surface area (Å²) in [6.07, 6.45) is 2.59. The van der Waals surface area contributed by atoms with Gasteiger partial charge in [0.15, 0.2) is 17.4 Å². The standard InChI is InChI=1S/C23H19F2N7O/c1-12(2)32-3-4-33-22-17(24)6-13(7-20(22)32)21-18(25)11-27-23(30-21)29-15-5-14(9-26)16-10-28-31-19(16)8-15/h5-8,10-12H,3-4H2,1-2H3,(H,28,31)(H,27,29,30). The van der Waals surface area contributed by atoms with Crippen LogP contribution >= 0.6 is 0 Å². The van der Waals surface area contributed by atoms with Crippen LogP contribution in [0.2, 0.25) is 0 Å². The maximum atomic E-state index is 14.9. The molecule has 2 aromatic carbocycles. The van der Waals surface area contributed by atoms with Crippen LogP contribution in [-0.4, -0.2) is 39.4 Å². The first-order chi connectivity index (χ1) is 15.9. The number of nitriles is 1. The van der Waals surface area contributed by atoms with Gasteiger partial charge >= 0.3 is 0 Å². The number of nitrogens with zero attached hydrogens (tertiary/aromatic N) is 5. The van der Waals surface area contributed by atoms with Crippen molar-refractivity contribution in [2.24, 2.45) is 0 Å². The molecular formula is C23H19F2N7O. The molecule has 0 bridgehead atoms. The van der Waals surface area contributed by atoms with Crippen LogP contribution in [0, 0.1) is 23.0 Å². The first kappa shape index (κ1) is 20.6. The summed E-state index contributed by atoms with van der Waals surface area (Å²) < 4.78 is 35.1. The molecule has 1 aliphatic heterocycles. The summed E-state index contributed by atoms with van der Waals surface area (Å²) in [5.41, 5.74) is 2.37. The molecule has 5 rings (SSSR count). The van der Waals surface area contributed by atoms with E-state index in [0.717, 1.165) is 6.20 Å². The third-order valence-corrected chi connectivity index (χ3v) is 5.49. The number of anilines is 3. The van der Waals surface area contributed by atoms with E-state index in [0.29, 0.717) is 41.0 Å². The van der Waals surface area contributed by atoms with Crippen molar-refractivity contribution in [3.63, 3.8) is 0 Å². The molecule has 0 unspecified atom stereocenters. The zero-order valence-corrected chi connectivity index (χ0v) is 17.9. The van der Waals surface area contributed by atoms with Gasteiger partial charge in [-0.1, -0.05) is 0 Å². The summed E-state index contributed by atoms with van der Waals surface area (Å²) in [5.74, 6) is -1.01. The Hall–Kier alpha value is -4.26. The third kappa shape index (κ3) is 3.67. The van der Waals surface area contributed by atoms with Gasteiger partial charge in [0, 0.05) is 22.7 Å². The number of fused-ring (bicyclic) bond motifs is 2. The van der Waals surface area contributed by atoms with Crippen molar-refractivity contribution in [3.8, 4) is 23.1 Å². The van der Waals surface area contributed by atoms with Crippen molar-refractivity contribution in [2.45, 2.75) is 19.9 Å². The molecule has 2 N–H and O–H groups in total. The Labute approximate surface area is 187 Å². The Kier molecular flexibility index (Phi) is 5.01. The van der Waals surface area contributed by atoms with E-state index in [1.165, 1.54) is 6.07 Å². The molecule has 4 aromatic rings. The quantitative estimate of drug-likeness (QED) is 0.474. The lowest BCUT2D eigenvalue weighted by molar-refractivity contribution is 0.287. The molecule has 0 saturated carbocycles. The molecule has 8 nitrogen and oxygen atoms in total. The van der Waals surface area contributed by atoms with Gasteiger partial charge in [-0.3, -0.25) is 5.10 Å². The Bertz CT molecular complexity index is 1410. The van der Waals surface area contributed by atoms with Gasteiger partial charge in [0.1, 0.15) is 12.3 Å². The third-order valence-electron chi connectivity index (χ3n) is 5.49. The lowest BCUT2D eigenvalue weighted by Crippen LogP contribution is -2.38. The smallest absolute Gasteiger partial charge is 0.227 e. The molecule has 0 radical (unpaired) electrons. The van der Waals surface area contributed by atoms with Crippen molar-refractivity contribution in [2.75, 3.05) is 23.4 Å². The fourth-order valence-corrected chi connectivity index (χ4v) is 3.95. The molecule has 0 fully saturated rings. The molecule has 3 heterocycles. The van der Waals surface area contributed by atoms with E-state index >= 15 is 0 Å². The number of halogens is 2. The zero-order valence-electron chi connectivity index (χ0n) is 17.9. The fraction of sp³-hybridized carbons (Fsp3) is 0.217. The van der Waals surface area contributed by atoms with Crippen molar-refractivity contribution in [3.05, 3.63) is 53.9 Å².